The topological polar surface area (TPSA) is 47.8 Å². The van der Waals surface area contributed by atoms with Gasteiger partial charge in [-0.1, -0.05) is 23.9 Å². The molecule has 1 heterocycles. The Morgan fingerprint density at radius 3 is 2.42 bits per heavy atom. The maximum atomic E-state index is 13.1. The molecule has 0 unspecified atom stereocenters. The molecule has 0 aliphatic heterocycles. The molecule has 0 spiro atoms. The third kappa shape index (κ3) is 3.70. The third-order valence-electron chi connectivity index (χ3n) is 4.38. The first kappa shape index (κ1) is 18.3. The monoisotopic (exact) mass is 369 g/mol. The van der Waals surface area contributed by atoms with Crippen LogP contribution in [0.15, 0.2) is 47.6 Å². The fourth-order valence-electron chi connectivity index (χ4n) is 2.61. The maximum Gasteiger partial charge on any atom is 0.191 e. The molecule has 3 aromatic rings. The summed E-state index contributed by atoms with van der Waals surface area (Å²) < 4.78 is 14.9. The van der Waals surface area contributed by atoms with Crippen molar-refractivity contribution in [1.29, 1.82) is 0 Å². The maximum absolute atomic E-state index is 13.1. The van der Waals surface area contributed by atoms with Crippen LogP contribution in [-0.4, -0.2) is 25.8 Å². The van der Waals surface area contributed by atoms with Crippen LogP contribution in [0.25, 0.3) is 11.4 Å². The van der Waals surface area contributed by atoms with Gasteiger partial charge in [-0.2, -0.15) is 0 Å². The highest BCUT2D eigenvalue weighted by Crippen LogP contribution is 2.27. The van der Waals surface area contributed by atoms with Gasteiger partial charge in [-0.3, -0.25) is 4.79 Å². The van der Waals surface area contributed by atoms with Gasteiger partial charge >= 0.3 is 0 Å². The number of aromatic nitrogens is 3. The van der Waals surface area contributed by atoms with Gasteiger partial charge < -0.3 is 4.57 Å². The molecule has 0 aliphatic carbocycles. The Hall–Kier alpha value is -2.47. The summed E-state index contributed by atoms with van der Waals surface area (Å²) in [7, 11) is 1.84. The summed E-state index contributed by atoms with van der Waals surface area (Å²) in [5.41, 5.74) is 3.75. The van der Waals surface area contributed by atoms with Gasteiger partial charge in [0.05, 0.1) is 5.25 Å². The number of benzene rings is 2. The molecule has 6 heteroatoms. The minimum absolute atomic E-state index is 0.0597. The van der Waals surface area contributed by atoms with E-state index in [1.165, 1.54) is 29.5 Å². The van der Waals surface area contributed by atoms with E-state index in [1.54, 1.807) is 12.1 Å². The zero-order valence-electron chi connectivity index (χ0n) is 15.2. The minimum atomic E-state index is -0.293. The van der Waals surface area contributed by atoms with Crippen molar-refractivity contribution >= 4 is 17.5 Å². The average molecular weight is 369 g/mol. The van der Waals surface area contributed by atoms with Crippen LogP contribution in [0.5, 0.6) is 0 Å². The summed E-state index contributed by atoms with van der Waals surface area (Å²) in [5.74, 6) is 0.404. The molecule has 0 radical (unpaired) electrons. The van der Waals surface area contributed by atoms with E-state index < -0.39 is 0 Å². The van der Waals surface area contributed by atoms with Gasteiger partial charge in [-0.15, -0.1) is 10.2 Å². The van der Waals surface area contributed by atoms with Crippen molar-refractivity contribution in [3.8, 4) is 11.4 Å². The zero-order valence-corrected chi connectivity index (χ0v) is 16.0. The molecule has 2 aromatic carbocycles. The van der Waals surface area contributed by atoms with Crippen LogP contribution in [0.3, 0.4) is 0 Å². The second-order valence-electron chi connectivity index (χ2n) is 6.30. The predicted molar refractivity (Wildman–Crippen MR) is 102 cm³/mol. The molecule has 4 nitrogen and oxygen atoms in total. The normalized spacial score (nSPS) is 12.2. The number of carbonyl (C=O) groups is 1. The van der Waals surface area contributed by atoms with Gasteiger partial charge in [-0.05, 0) is 62.2 Å². The fourth-order valence-corrected chi connectivity index (χ4v) is 3.50. The lowest BCUT2D eigenvalue weighted by Gasteiger charge is -2.11. The molecular formula is C20H20FN3OS. The van der Waals surface area contributed by atoms with Gasteiger partial charge in [0.2, 0.25) is 0 Å². The molecule has 0 bridgehead atoms. The average Bonchev–Trinajstić information content (AvgIpc) is 2.98. The summed E-state index contributed by atoms with van der Waals surface area (Å²) >= 11 is 1.37. The first-order valence-electron chi connectivity index (χ1n) is 8.30. The van der Waals surface area contributed by atoms with E-state index in [0.29, 0.717) is 16.5 Å². The van der Waals surface area contributed by atoms with Gasteiger partial charge in [-0.25, -0.2) is 4.39 Å². The van der Waals surface area contributed by atoms with Crippen LogP contribution in [0.4, 0.5) is 4.39 Å². The summed E-state index contributed by atoms with van der Waals surface area (Å²) in [6, 6.07) is 11.9. The van der Waals surface area contributed by atoms with Crippen molar-refractivity contribution in [2.75, 3.05) is 0 Å². The summed E-state index contributed by atoms with van der Waals surface area (Å²) in [5, 5.41) is 8.73. The number of aryl methyl sites for hydroxylation is 2. The summed E-state index contributed by atoms with van der Waals surface area (Å²) in [6.45, 7) is 5.90. The number of thioether (sulfide) groups is 1. The SMILES string of the molecule is Cc1ccc(C(=O)[C@H](C)Sc2nnc(-c3ccc(F)cc3)n2C)cc1C. The smallest absolute Gasteiger partial charge is 0.191 e. The van der Waals surface area contributed by atoms with E-state index in [2.05, 4.69) is 10.2 Å². The molecular weight excluding hydrogens is 349 g/mol. The molecule has 0 aliphatic rings. The first-order chi connectivity index (χ1) is 12.4. The molecule has 0 saturated carbocycles. The van der Waals surface area contributed by atoms with Crippen LogP contribution < -0.4 is 0 Å². The first-order valence-corrected chi connectivity index (χ1v) is 9.18. The van der Waals surface area contributed by atoms with Crippen LogP contribution in [0, 0.1) is 19.7 Å². The number of halogens is 1. The Morgan fingerprint density at radius 2 is 1.77 bits per heavy atom. The Balaban J connectivity index is 1.79. The van der Waals surface area contributed by atoms with Crippen molar-refractivity contribution in [3.63, 3.8) is 0 Å². The van der Waals surface area contributed by atoms with E-state index in [0.717, 1.165) is 11.1 Å². The molecule has 0 fully saturated rings. The van der Waals surface area contributed by atoms with Gasteiger partial charge in [0.25, 0.3) is 0 Å². The highest BCUT2D eigenvalue weighted by atomic mass is 32.2. The predicted octanol–water partition coefficient (Wildman–Crippen LogP) is 4.60. The van der Waals surface area contributed by atoms with Crippen molar-refractivity contribution in [1.82, 2.24) is 14.8 Å². The highest BCUT2D eigenvalue weighted by Gasteiger charge is 2.21. The lowest BCUT2D eigenvalue weighted by molar-refractivity contribution is 0.0993. The summed E-state index contributed by atoms with van der Waals surface area (Å²) in [6.07, 6.45) is 0. The van der Waals surface area contributed by atoms with Crippen molar-refractivity contribution in [2.45, 2.75) is 31.2 Å². The quantitative estimate of drug-likeness (QED) is 0.487. The van der Waals surface area contributed by atoms with Crippen molar-refractivity contribution in [3.05, 3.63) is 65.0 Å². The lowest BCUT2D eigenvalue weighted by atomic mass is 10.0. The number of hydrogen-bond acceptors (Lipinski definition) is 4. The molecule has 134 valence electrons. The van der Waals surface area contributed by atoms with Crippen LogP contribution in [-0.2, 0) is 7.05 Å². The molecule has 0 saturated heterocycles. The van der Waals surface area contributed by atoms with Crippen LogP contribution in [0.1, 0.15) is 28.4 Å². The largest absolute Gasteiger partial charge is 0.305 e. The Kier molecular flexibility index (Phi) is 5.23. The van der Waals surface area contributed by atoms with E-state index >= 15 is 0 Å². The van der Waals surface area contributed by atoms with Crippen LogP contribution >= 0.6 is 11.8 Å². The van der Waals surface area contributed by atoms with Gasteiger partial charge in [0.15, 0.2) is 16.8 Å². The molecule has 1 aromatic heterocycles. The number of hydrogen-bond donors (Lipinski definition) is 0. The second-order valence-corrected chi connectivity index (χ2v) is 7.60. The summed E-state index contributed by atoms with van der Waals surface area (Å²) in [4.78, 5) is 12.7. The number of Topliss-reactive ketones (excluding diaryl/α,β-unsaturated/α-hetero) is 1. The molecule has 0 amide bonds. The highest BCUT2D eigenvalue weighted by molar-refractivity contribution is 8.00. The van der Waals surface area contributed by atoms with Crippen molar-refractivity contribution < 1.29 is 9.18 Å². The Labute approximate surface area is 156 Å². The van der Waals surface area contributed by atoms with E-state index in [9.17, 15) is 9.18 Å². The Morgan fingerprint density at radius 1 is 1.08 bits per heavy atom. The van der Waals surface area contributed by atoms with E-state index in [-0.39, 0.29) is 16.9 Å². The third-order valence-corrected chi connectivity index (χ3v) is 5.51. The standard InChI is InChI=1S/C20H20FN3OS/c1-12-5-6-16(11-13(12)2)18(25)14(3)26-20-23-22-19(24(20)4)15-7-9-17(21)10-8-15/h5-11,14H,1-4H3/t14-/m0/s1. The van der Waals surface area contributed by atoms with Crippen LogP contribution in [0.2, 0.25) is 0 Å². The number of rotatable bonds is 5. The lowest BCUT2D eigenvalue weighted by Crippen LogP contribution is -2.14. The zero-order chi connectivity index (χ0) is 18.8. The molecule has 0 N–H and O–H groups in total. The van der Waals surface area contributed by atoms with E-state index in [4.69, 9.17) is 0 Å². The minimum Gasteiger partial charge on any atom is -0.305 e. The second kappa shape index (κ2) is 7.41. The van der Waals surface area contributed by atoms with E-state index in [1.807, 2.05) is 50.6 Å². The molecule has 1 atom stereocenters. The fraction of sp³-hybridized carbons (Fsp3) is 0.250. The number of carbonyl (C=O) groups excluding carboxylic acids is 1. The van der Waals surface area contributed by atoms with Crippen molar-refractivity contribution in [2.24, 2.45) is 7.05 Å². The number of ketones is 1. The van der Waals surface area contributed by atoms with Gasteiger partial charge in [0, 0.05) is 18.2 Å². The molecule has 3 rings (SSSR count). The Bertz CT molecular complexity index is 950. The number of nitrogens with zero attached hydrogens (tertiary/aromatic N) is 3. The molecule has 26 heavy (non-hydrogen) atoms. The van der Waals surface area contributed by atoms with Gasteiger partial charge in [0.1, 0.15) is 5.82 Å².